The largest absolute Gasteiger partial charge is 0.416 e. The molecule has 0 bridgehead atoms. The lowest BCUT2D eigenvalue weighted by atomic mass is 9.94. The third-order valence-corrected chi connectivity index (χ3v) is 10.0. The minimum Gasteiger partial charge on any atom is -0.416 e. The van der Waals surface area contributed by atoms with Crippen LogP contribution in [0.15, 0.2) is 30.3 Å². The Labute approximate surface area is 142 Å². The van der Waals surface area contributed by atoms with Crippen molar-refractivity contribution in [3.63, 3.8) is 0 Å². The van der Waals surface area contributed by atoms with E-state index in [0.29, 0.717) is 6.61 Å². The van der Waals surface area contributed by atoms with Crippen LogP contribution >= 0.6 is 0 Å². The van der Waals surface area contributed by atoms with Crippen molar-refractivity contribution >= 4 is 8.32 Å². The van der Waals surface area contributed by atoms with E-state index in [1.807, 2.05) is 6.07 Å². The van der Waals surface area contributed by atoms with Gasteiger partial charge in [-0.15, -0.1) is 0 Å². The smallest absolute Gasteiger partial charge is 0.191 e. The summed E-state index contributed by atoms with van der Waals surface area (Å²) in [7, 11) is -1.72. The van der Waals surface area contributed by atoms with Gasteiger partial charge in [-0.2, -0.15) is 0 Å². The van der Waals surface area contributed by atoms with Crippen LogP contribution < -0.4 is 0 Å². The summed E-state index contributed by atoms with van der Waals surface area (Å²) in [6.07, 6.45) is 0.736. The van der Waals surface area contributed by atoms with Gasteiger partial charge in [-0.3, -0.25) is 4.90 Å². The number of benzene rings is 1. The van der Waals surface area contributed by atoms with Crippen LogP contribution in [0.25, 0.3) is 0 Å². The molecule has 1 fully saturated rings. The molecule has 1 aliphatic rings. The Kier molecular flexibility index (Phi) is 6.06. The minimum absolute atomic E-state index is 0.228. The van der Waals surface area contributed by atoms with Crippen LogP contribution in [0.5, 0.6) is 0 Å². The van der Waals surface area contributed by atoms with Crippen LogP contribution in [0.2, 0.25) is 18.1 Å². The van der Waals surface area contributed by atoms with Gasteiger partial charge < -0.3 is 9.53 Å². The van der Waals surface area contributed by atoms with Gasteiger partial charge in [0, 0.05) is 25.6 Å². The van der Waals surface area contributed by atoms with Crippen LogP contribution in [-0.4, -0.2) is 44.1 Å². The molecule has 23 heavy (non-hydrogen) atoms. The molecule has 4 heteroatoms. The number of rotatable bonds is 5. The number of hydrogen-bond donors (Lipinski definition) is 1. The molecule has 130 valence electrons. The third kappa shape index (κ3) is 5.15. The molecular weight excluding hydrogens is 302 g/mol. The van der Waals surface area contributed by atoms with Crippen LogP contribution in [0.3, 0.4) is 0 Å². The zero-order chi connectivity index (χ0) is 17.1. The fourth-order valence-corrected chi connectivity index (χ4v) is 3.82. The monoisotopic (exact) mass is 335 g/mol. The molecule has 1 heterocycles. The van der Waals surface area contributed by atoms with Gasteiger partial charge >= 0.3 is 0 Å². The number of β-amino-alcohol motifs (C(OH)–C–C–N with tert-alkyl or cyclic N) is 1. The second-order valence-corrected chi connectivity index (χ2v) is 13.2. The van der Waals surface area contributed by atoms with E-state index in [1.54, 1.807) is 0 Å². The molecule has 1 N–H and O–H groups in total. The van der Waals surface area contributed by atoms with E-state index >= 15 is 0 Å². The summed E-state index contributed by atoms with van der Waals surface area (Å²) in [5.74, 6) is 0.274. The van der Waals surface area contributed by atoms with Crippen molar-refractivity contribution in [3.8, 4) is 0 Å². The maximum absolute atomic E-state index is 10.5. The zero-order valence-corrected chi connectivity index (χ0v) is 16.4. The summed E-state index contributed by atoms with van der Waals surface area (Å²) < 4.78 is 6.32. The fourth-order valence-electron chi connectivity index (χ4n) is 2.76. The molecule has 0 saturated carbocycles. The second kappa shape index (κ2) is 7.47. The summed E-state index contributed by atoms with van der Waals surface area (Å²) in [6, 6.07) is 10.5. The predicted octanol–water partition coefficient (Wildman–Crippen LogP) is 3.89. The average Bonchev–Trinajstić information content (AvgIpc) is 2.46. The van der Waals surface area contributed by atoms with Gasteiger partial charge in [0.25, 0.3) is 0 Å². The van der Waals surface area contributed by atoms with Gasteiger partial charge in [0.05, 0.1) is 6.10 Å². The van der Waals surface area contributed by atoms with Crippen LogP contribution in [-0.2, 0) is 11.0 Å². The quantitative estimate of drug-likeness (QED) is 0.829. The van der Waals surface area contributed by atoms with Crippen molar-refractivity contribution in [3.05, 3.63) is 35.9 Å². The SMILES string of the molecule is CC(C)(C)[Si](C)(C)OCC1CCN(Cc2ccccc2)CC1O. The molecule has 2 rings (SSSR count). The van der Waals surface area contributed by atoms with Crippen molar-refractivity contribution in [1.82, 2.24) is 4.90 Å². The Bertz CT molecular complexity index is 484. The van der Waals surface area contributed by atoms with Crippen molar-refractivity contribution in [1.29, 1.82) is 0 Å². The van der Waals surface area contributed by atoms with Gasteiger partial charge in [0.15, 0.2) is 8.32 Å². The van der Waals surface area contributed by atoms with Crippen LogP contribution in [0.1, 0.15) is 32.8 Å². The van der Waals surface area contributed by atoms with Crippen LogP contribution in [0, 0.1) is 5.92 Å². The molecule has 1 aromatic carbocycles. The number of aliphatic hydroxyl groups excluding tert-OH is 1. The lowest BCUT2D eigenvalue weighted by molar-refractivity contribution is -0.00219. The van der Waals surface area contributed by atoms with Crippen LogP contribution in [0.4, 0.5) is 0 Å². The highest BCUT2D eigenvalue weighted by atomic mass is 28.4. The summed E-state index contributed by atoms with van der Waals surface area (Å²) in [4.78, 5) is 2.35. The maximum Gasteiger partial charge on any atom is 0.191 e. The molecular formula is C19H33NO2Si. The molecule has 1 aliphatic heterocycles. The van der Waals surface area contributed by atoms with Gasteiger partial charge in [-0.25, -0.2) is 0 Å². The number of likely N-dealkylation sites (tertiary alicyclic amines) is 1. The first kappa shape index (κ1) is 18.7. The van der Waals surface area contributed by atoms with E-state index in [-0.39, 0.29) is 17.1 Å². The third-order valence-electron chi connectivity index (χ3n) is 5.52. The normalized spacial score (nSPS) is 23.9. The fraction of sp³-hybridized carbons (Fsp3) is 0.684. The van der Waals surface area contributed by atoms with E-state index in [4.69, 9.17) is 4.43 Å². The van der Waals surface area contributed by atoms with Gasteiger partial charge in [0.1, 0.15) is 0 Å². The highest BCUT2D eigenvalue weighted by Crippen LogP contribution is 2.37. The van der Waals surface area contributed by atoms with E-state index in [0.717, 1.165) is 26.1 Å². The topological polar surface area (TPSA) is 32.7 Å². The number of hydrogen-bond acceptors (Lipinski definition) is 3. The molecule has 2 unspecified atom stereocenters. The average molecular weight is 336 g/mol. The molecule has 2 atom stereocenters. The Hall–Kier alpha value is -0.683. The summed E-state index contributed by atoms with van der Waals surface area (Å²) in [5.41, 5.74) is 1.32. The number of nitrogens with zero attached hydrogens (tertiary/aromatic N) is 1. The summed E-state index contributed by atoms with van der Waals surface area (Å²) >= 11 is 0. The molecule has 0 spiro atoms. The molecule has 0 aliphatic carbocycles. The van der Waals surface area contributed by atoms with E-state index in [2.05, 4.69) is 63.0 Å². The molecule has 1 aromatic rings. The van der Waals surface area contributed by atoms with E-state index in [1.165, 1.54) is 5.56 Å². The van der Waals surface area contributed by atoms with Gasteiger partial charge in [-0.1, -0.05) is 51.1 Å². The first-order chi connectivity index (χ1) is 10.7. The Morgan fingerprint density at radius 1 is 1.22 bits per heavy atom. The predicted molar refractivity (Wildman–Crippen MR) is 99.0 cm³/mol. The first-order valence-corrected chi connectivity index (χ1v) is 11.7. The molecule has 0 radical (unpaired) electrons. The Morgan fingerprint density at radius 2 is 1.87 bits per heavy atom. The lowest BCUT2D eigenvalue weighted by Gasteiger charge is -2.40. The summed E-state index contributed by atoms with van der Waals surface area (Å²) in [5, 5.41) is 10.7. The second-order valence-electron chi connectivity index (χ2n) is 8.41. The molecule has 3 nitrogen and oxygen atoms in total. The minimum atomic E-state index is -1.72. The first-order valence-electron chi connectivity index (χ1n) is 8.77. The maximum atomic E-state index is 10.5. The molecule has 0 amide bonds. The van der Waals surface area contributed by atoms with Crippen molar-refractivity contribution in [2.45, 2.75) is 58.0 Å². The lowest BCUT2D eigenvalue weighted by Crippen LogP contribution is -2.48. The van der Waals surface area contributed by atoms with Crippen molar-refractivity contribution in [2.24, 2.45) is 5.92 Å². The van der Waals surface area contributed by atoms with Gasteiger partial charge in [-0.05, 0) is 36.7 Å². The van der Waals surface area contributed by atoms with Crippen molar-refractivity contribution < 1.29 is 9.53 Å². The standard InChI is InChI=1S/C19H33NO2Si/c1-19(2,3)23(4,5)22-15-17-11-12-20(14-18(17)21)13-16-9-7-6-8-10-16/h6-10,17-18,21H,11-15H2,1-5H3. The van der Waals surface area contributed by atoms with E-state index in [9.17, 15) is 5.11 Å². The van der Waals surface area contributed by atoms with Gasteiger partial charge in [0.2, 0.25) is 0 Å². The zero-order valence-electron chi connectivity index (χ0n) is 15.4. The highest BCUT2D eigenvalue weighted by Gasteiger charge is 2.38. The van der Waals surface area contributed by atoms with Crippen molar-refractivity contribution in [2.75, 3.05) is 19.7 Å². The Balaban J connectivity index is 1.82. The number of aliphatic hydroxyl groups is 1. The summed E-state index contributed by atoms with van der Waals surface area (Å²) in [6.45, 7) is 14.8. The highest BCUT2D eigenvalue weighted by molar-refractivity contribution is 6.74. The molecule has 1 saturated heterocycles. The number of piperidine rings is 1. The molecule has 0 aromatic heterocycles. The Morgan fingerprint density at radius 3 is 2.43 bits per heavy atom. The van der Waals surface area contributed by atoms with E-state index < -0.39 is 8.32 Å².